The lowest BCUT2D eigenvalue weighted by Gasteiger charge is -2.23. The molecule has 164 valence electrons. The number of alkyl halides is 3. The molecule has 3 heterocycles. The fraction of sp³-hybridized carbons (Fsp3) is 0.368. The summed E-state index contributed by atoms with van der Waals surface area (Å²) in [5.74, 6) is -0.249. The summed E-state index contributed by atoms with van der Waals surface area (Å²) in [7, 11) is 1.53. The van der Waals surface area contributed by atoms with Crippen LogP contribution in [-0.2, 0) is 6.18 Å². The van der Waals surface area contributed by atoms with E-state index >= 15 is 0 Å². The average molecular weight is 435 g/mol. The van der Waals surface area contributed by atoms with Gasteiger partial charge < -0.3 is 19.9 Å². The lowest BCUT2D eigenvalue weighted by atomic mass is 10.3. The van der Waals surface area contributed by atoms with Gasteiger partial charge in [-0.3, -0.25) is 0 Å². The summed E-state index contributed by atoms with van der Waals surface area (Å²) in [6.07, 6.45) is -4.02. The molecular formula is C19H20F3N7O2. The number of ether oxygens (including phenoxy) is 1. The van der Waals surface area contributed by atoms with E-state index in [4.69, 9.17) is 4.74 Å². The van der Waals surface area contributed by atoms with Crippen LogP contribution in [0.1, 0.15) is 12.2 Å². The predicted molar refractivity (Wildman–Crippen MR) is 106 cm³/mol. The number of hydrogen-bond acceptors (Lipinski definition) is 6. The standard InChI is InChI=1S/C19H20F3N7O2/c1-31-14-6-3-2-5-13(14)23-18(30)28-10-4-9-27(11-12-28)16-8-7-15-24-25-17(19(20,21)22)29(15)26-16/h2-3,5-8H,4,9-12H2,1H3,(H,23,30). The minimum absolute atomic E-state index is 0.0173. The van der Waals surface area contributed by atoms with Crippen molar-refractivity contribution in [3.05, 3.63) is 42.2 Å². The largest absolute Gasteiger partial charge is 0.495 e. The van der Waals surface area contributed by atoms with Crippen LogP contribution < -0.4 is 15.0 Å². The number of anilines is 2. The van der Waals surface area contributed by atoms with Gasteiger partial charge in [-0.15, -0.1) is 15.3 Å². The lowest BCUT2D eigenvalue weighted by Crippen LogP contribution is -2.38. The minimum Gasteiger partial charge on any atom is -0.495 e. The van der Waals surface area contributed by atoms with Crippen molar-refractivity contribution in [2.45, 2.75) is 12.6 Å². The highest BCUT2D eigenvalue weighted by Crippen LogP contribution is 2.28. The number of carbonyl (C=O) groups is 1. The summed E-state index contributed by atoms with van der Waals surface area (Å²) in [4.78, 5) is 16.2. The number of amides is 2. The Labute approximate surface area is 175 Å². The number of methoxy groups -OCH3 is 1. The third kappa shape index (κ3) is 4.32. The second kappa shape index (κ2) is 8.28. The van der Waals surface area contributed by atoms with E-state index in [1.54, 1.807) is 29.2 Å². The number of fused-ring (bicyclic) bond motifs is 1. The zero-order valence-corrected chi connectivity index (χ0v) is 16.6. The van der Waals surface area contributed by atoms with Gasteiger partial charge in [0.05, 0.1) is 12.8 Å². The van der Waals surface area contributed by atoms with Crippen molar-refractivity contribution in [2.24, 2.45) is 0 Å². The number of halogens is 3. The first-order valence-corrected chi connectivity index (χ1v) is 9.60. The van der Waals surface area contributed by atoms with Gasteiger partial charge in [0.2, 0.25) is 0 Å². The Morgan fingerprint density at radius 2 is 1.87 bits per heavy atom. The Morgan fingerprint density at radius 1 is 1.06 bits per heavy atom. The van der Waals surface area contributed by atoms with E-state index in [9.17, 15) is 18.0 Å². The van der Waals surface area contributed by atoms with Crippen LogP contribution >= 0.6 is 0 Å². The molecule has 2 amide bonds. The van der Waals surface area contributed by atoms with Gasteiger partial charge in [0.1, 0.15) is 11.6 Å². The first-order valence-electron chi connectivity index (χ1n) is 9.60. The quantitative estimate of drug-likeness (QED) is 0.681. The van der Waals surface area contributed by atoms with Gasteiger partial charge in [-0.1, -0.05) is 12.1 Å². The van der Waals surface area contributed by atoms with E-state index in [1.807, 2.05) is 11.0 Å². The summed E-state index contributed by atoms with van der Waals surface area (Å²) in [5, 5.41) is 13.6. The monoisotopic (exact) mass is 435 g/mol. The number of benzene rings is 1. The van der Waals surface area contributed by atoms with Gasteiger partial charge in [0.25, 0.3) is 5.82 Å². The molecule has 0 unspecified atom stereocenters. The number of rotatable bonds is 3. The second-order valence-corrected chi connectivity index (χ2v) is 6.94. The van der Waals surface area contributed by atoms with Crippen LogP contribution in [0.2, 0.25) is 0 Å². The molecule has 3 aromatic rings. The van der Waals surface area contributed by atoms with Crippen LogP contribution in [0.4, 0.5) is 29.5 Å². The van der Waals surface area contributed by atoms with E-state index in [-0.39, 0.29) is 11.7 Å². The molecular weight excluding hydrogens is 415 g/mol. The molecule has 2 aromatic heterocycles. The summed E-state index contributed by atoms with van der Waals surface area (Å²) in [6, 6.07) is 9.88. The van der Waals surface area contributed by atoms with Gasteiger partial charge in [-0.25, -0.2) is 4.79 Å². The highest BCUT2D eigenvalue weighted by atomic mass is 19.4. The maximum absolute atomic E-state index is 13.1. The van der Waals surface area contributed by atoms with E-state index in [2.05, 4.69) is 20.6 Å². The van der Waals surface area contributed by atoms with Crippen molar-refractivity contribution < 1.29 is 22.7 Å². The molecule has 0 atom stereocenters. The SMILES string of the molecule is COc1ccccc1NC(=O)N1CCCN(c2ccc3nnc(C(F)(F)F)n3n2)CC1. The van der Waals surface area contributed by atoms with Crippen LogP contribution in [0.15, 0.2) is 36.4 Å². The molecule has 0 spiro atoms. The highest BCUT2D eigenvalue weighted by Gasteiger charge is 2.37. The van der Waals surface area contributed by atoms with Crippen LogP contribution in [0, 0.1) is 0 Å². The van der Waals surface area contributed by atoms with E-state index in [0.29, 0.717) is 54.4 Å². The topological polar surface area (TPSA) is 87.9 Å². The zero-order valence-electron chi connectivity index (χ0n) is 16.6. The predicted octanol–water partition coefficient (Wildman–Crippen LogP) is 2.90. The molecule has 0 saturated carbocycles. The summed E-state index contributed by atoms with van der Waals surface area (Å²) < 4.78 is 45.3. The summed E-state index contributed by atoms with van der Waals surface area (Å²) in [5.41, 5.74) is 0.583. The van der Waals surface area contributed by atoms with Crippen molar-refractivity contribution in [1.82, 2.24) is 24.7 Å². The molecule has 1 saturated heterocycles. The fourth-order valence-corrected chi connectivity index (χ4v) is 3.42. The molecule has 1 aliphatic rings. The Morgan fingerprint density at radius 3 is 2.65 bits per heavy atom. The number of hydrogen-bond donors (Lipinski definition) is 1. The zero-order chi connectivity index (χ0) is 22.0. The molecule has 12 heteroatoms. The Balaban J connectivity index is 1.47. The van der Waals surface area contributed by atoms with Gasteiger partial charge in [0.15, 0.2) is 5.65 Å². The molecule has 0 bridgehead atoms. The molecule has 1 N–H and O–H groups in total. The number of para-hydroxylation sites is 2. The normalized spacial score (nSPS) is 15.1. The number of nitrogens with zero attached hydrogens (tertiary/aromatic N) is 6. The number of aromatic nitrogens is 4. The summed E-state index contributed by atoms with van der Waals surface area (Å²) >= 11 is 0. The van der Waals surface area contributed by atoms with Crippen molar-refractivity contribution in [3.63, 3.8) is 0 Å². The van der Waals surface area contributed by atoms with Crippen LogP contribution in [0.3, 0.4) is 0 Å². The molecule has 31 heavy (non-hydrogen) atoms. The number of carbonyl (C=O) groups excluding carboxylic acids is 1. The van der Waals surface area contributed by atoms with Crippen molar-refractivity contribution >= 4 is 23.2 Å². The molecule has 4 rings (SSSR count). The number of urea groups is 1. The van der Waals surface area contributed by atoms with Crippen molar-refractivity contribution in [3.8, 4) is 5.75 Å². The maximum atomic E-state index is 13.1. The maximum Gasteiger partial charge on any atom is 0.453 e. The summed E-state index contributed by atoms with van der Waals surface area (Å²) in [6.45, 7) is 1.84. The van der Waals surface area contributed by atoms with Gasteiger partial charge in [0, 0.05) is 26.2 Å². The first kappa shape index (κ1) is 20.7. The molecule has 0 radical (unpaired) electrons. The van der Waals surface area contributed by atoms with Crippen LogP contribution in [0.25, 0.3) is 5.65 Å². The van der Waals surface area contributed by atoms with Gasteiger partial charge in [-0.2, -0.15) is 17.7 Å². The molecule has 1 fully saturated rings. The van der Waals surface area contributed by atoms with E-state index < -0.39 is 12.0 Å². The molecule has 9 nitrogen and oxygen atoms in total. The van der Waals surface area contributed by atoms with Crippen LogP contribution in [0.5, 0.6) is 5.75 Å². The Kier molecular flexibility index (Phi) is 5.53. The van der Waals surface area contributed by atoms with Gasteiger partial charge >= 0.3 is 12.2 Å². The highest BCUT2D eigenvalue weighted by molar-refractivity contribution is 5.91. The number of nitrogens with one attached hydrogen (secondary N) is 1. The van der Waals surface area contributed by atoms with E-state index in [0.717, 1.165) is 0 Å². The van der Waals surface area contributed by atoms with Gasteiger partial charge in [-0.05, 0) is 30.7 Å². The third-order valence-electron chi connectivity index (χ3n) is 4.96. The van der Waals surface area contributed by atoms with Crippen LogP contribution in [-0.4, -0.2) is 64.0 Å². The van der Waals surface area contributed by atoms with Crippen molar-refractivity contribution in [2.75, 3.05) is 43.5 Å². The third-order valence-corrected chi connectivity index (χ3v) is 4.96. The molecule has 1 aromatic carbocycles. The first-order chi connectivity index (χ1) is 14.9. The van der Waals surface area contributed by atoms with E-state index in [1.165, 1.54) is 13.2 Å². The smallest absolute Gasteiger partial charge is 0.453 e. The second-order valence-electron chi connectivity index (χ2n) is 6.94. The average Bonchev–Trinajstić information content (AvgIpc) is 3.03. The molecule has 0 aliphatic carbocycles. The fourth-order valence-electron chi connectivity index (χ4n) is 3.42. The lowest BCUT2D eigenvalue weighted by molar-refractivity contribution is -0.146. The Bertz CT molecular complexity index is 1090. The van der Waals surface area contributed by atoms with Crippen molar-refractivity contribution in [1.29, 1.82) is 0 Å². The Hall–Kier alpha value is -3.57. The molecule has 1 aliphatic heterocycles. The minimum atomic E-state index is -4.66.